The number of amides is 1. The highest BCUT2D eigenvalue weighted by Gasteiger charge is 2.32. The Morgan fingerprint density at radius 3 is 2.95 bits per heavy atom. The zero-order valence-electron chi connectivity index (χ0n) is 12.0. The van der Waals surface area contributed by atoms with E-state index < -0.39 is 5.97 Å². The lowest BCUT2D eigenvalue weighted by Crippen LogP contribution is -2.51. The molecule has 0 spiro atoms. The van der Waals surface area contributed by atoms with E-state index in [9.17, 15) is 14.0 Å². The number of aliphatic carboxylic acids is 1. The fourth-order valence-corrected chi connectivity index (χ4v) is 2.59. The quantitative estimate of drug-likeness (QED) is 0.898. The second-order valence-corrected chi connectivity index (χ2v) is 5.25. The number of anilines is 1. The minimum absolute atomic E-state index is 0.000243. The largest absolute Gasteiger partial charge is 0.481 e. The van der Waals surface area contributed by atoms with Crippen molar-refractivity contribution in [3.8, 4) is 0 Å². The number of carbonyl (C=O) groups is 2. The second-order valence-electron chi connectivity index (χ2n) is 5.25. The van der Waals surface area contributed by atoms with Crippen molar-refractivity contribution < 1.29 is 19.1 Å². The lowest BCUT2D eigenvalue weighted by atomic mass is 10.0. The summed E-state index contributed by atoms with van der Waals surface area (Å²) in [6, 6.07) is 5.63. The van der Waals surface area contributed by atoms with Gasteiger partial charge in [0.25, 0.3) is 0 Å². The highest BCUT2D eigenvalue weighted by atomic mass is 19.1. The smallest absolute Gasteiger partial charge is 0.304 e. The summed E-state index contributed by atoms with van der Waals surface area (Å²) >= 11 is 0. The molecule has 6 heteroatoms. The zero-order chi connectivity index (χ0) is 15.4. The fourth-order valence-electron chi connectivity index (χ4n) is 2.59. The molecule has 0 bridgehead atoms. The van der Waals surface area contributed by atoms with E-state index in [1.165, 1.54) is 12.1 Å². The van der Waals surface area contributed by atoms with Crippen LogP contribution in [-0.4, -0.2) is 48.1 Å². The third kappa shape index (κ3) is 3.78. The number of halogens is 1. The topological polar surface area (TPSA) is 60.9 Å². The van der Waals surface area contributed by atoms with E-state index in [1.807, 2.05) is 0 Å². The fraction of sp³-hybridized carbons (Fsp3) is 0.467. The van der Waals surface area contributed by atoms with Crippen LogP contribution in [0.1, 0.15) is 19.3 Å². The average Bonchev–Trinajstić information content (AvgIpc) is 2.45. The molecule has 114 valence electrons. The maximum Gasteiger partial charge on any atom is 0.304 e. The molecule has 1 atom stereocenters. The number of nitrogens with zero attached hydrogens (tertiary/aromatic N) is 2. The van der Waals surface area contributed by atoms with Crippen molar-refractivity contribution in [2.24, 2.45) is 0 Å². The predicted octanol–water partition coefficient (Wildman–Crippen LogP) is 1.73. The SMILES string of the molecule is CN(CCC(=O)O)C1CCCN(c2cccc(F)c2)C1=O. The van der Waals surface area contributed by atoms with Gasteiger partial charge in [0.1, 0.15) is 5.82 Å². The van der Waals surface area contributed by atoms with Crippen molar-refractivity contribution >= 4 is 17.6 Å². The van der Waals surface area contributed by atoms with Crippen LogP contribution in [-0.2, 0) is 9.59 Å². The molecule has 1 N–H and O–H groups in total. The van der Waals surface area contributed by atoms with E-state index in [0.717, 1.165) is 6.42 Å². The van der Waals surface area contributed by atoms with Crippen LogP contribution >= 0.6 is 0 Å². The molecule has 0 saturated carbocycles. The molecule has 1 aliphatic heterocycles. The molecule has 2 rings (SSSR count). The summed E-state index contributed by atoms with van der Waals surface area (Å²) in [5.74, 6) is -1.35. The molecule has 1 unspecified atom stereocenters. The molecule has 1 heterocycles. The van der Waals surface area contributed by atoms with Gasteiger partial charge < -0.3 is 10.0 Å². The number of carbonyl (C=O) groups excluding carboxylic acids is 1. The van der Waals surface area contributed by atoms with E-state index in [1.54, 1.807) is 29.0 Å². The summed E-state index contributed by atoms with van der Waals surface area (Å²) in [5, 5.41) is 8.72. The van der Waals surface area contributed by atoms with Gasteiger partial charge in [0, 0.05) is 18.8 Å². The molecule has 1 aromatic carbocycles. The Kier molecular flexibility index (Phi) is 4.90. The van der Waals surface area contributed by atoms with E-state index in [2.05, 4.69) is 0 Å². The van der Waals surface area contributed by atoms with Crippen LogP contribution < -0.4 is 4.90 Å². The highest BCUT2D eigenvalue weighted by Crippen LogP contribution is 2.24. The summed E-state index contributed by atoms with van der Waals surface area (Å²) in [7, 11) is 1.75. The molecule has 1 fully saturated rings. The minimum Gasteiger partial charge on any atom is -0.481 e. The number of hydrogen-bond donors (Lipinski definition) is 1. The van der Waals surface area contributed by atoms with Crippen LogP contribution in [0.2, 0.25) is 0 Å². The van der Waals surface area contributed by atoms with Gasteiger partial charge in [0.05, 0.1) is 12.5 Å². The molecule has 0 aliphatic carbocycles. The first-order valence-corrected chi connectivity index (χ1v) is 6.98. The summed E-state index contributed by atoms with van der Waals surface area (Å²) in [6.07, 6.45) is 1.51. The molecule has 1 aliphatic rings. The van der Waals surface area contributed by atoms with Crippen LogP contribution in [0.3, 0.4) is 0 Å². The van der Waals surface area contributed by atoms with Crippen LogP contribution in [0.5, 0.6) is 0 Å². The van der Waals surface area contributed by atoms with Gasteiger partial charge in [0.2, 0.25) is 5.91 Å². The lowest BCUT2D eigenvalue weighted by molar-refractivity contribution is -0.138. The van der Waals surface area contributed by atoms with Crippen molar-refractivity contribution in [2.45, 2.75) is 25.3 Å². The lowest BCUT2D eigenvalue weighted by Gasteiger charge is -2.36. The molecule has 21 heavy (non-hydrogen) atoms. The second kappa shape index (κ2) is 6.67. The normalized spacial score (nSPS) is 19.1. The first-order chi connectivity index (χ1) is 9.99. The van der Waals surface area contributed by atoms with Crippen molar-refractivity contribution in [3.05, 3.63) is 30.1 Å². The maximum atomic E-state index is 13.3. The van der Waals surface area contributed by atoms with E-state index >= 15 is 0 Å². The Morgan fingerprint density at radius 2 is 2.29 bits per heavy atom. The number of carboxylic acids is 1. The highest BCUT2D eigenvalue weighted by molar-refractivity contribution is 5.97. The van der Waals surface area contributed by atoms with Crippen molar-refractivity contribution in [2.75, 3.05) is 25.0 Å². The van der Waals surface area contributed by atoms with E-state index in [0.29, 0.717) is 25.2 Å². The number of rotatable bonds is 5. The average molecular weight is 294 g/mol. The minimum atomic E-state index is -0.882. The van der Waals surface area contributed by atoms with Crippen LogP contribution in [0, 0.1) is 5.82 Å². The number of piperidine rings is 1. The first-order valence-electron chi connectivity index (χ1n) is 6.98. The third-order valence-corrected chi connectivity index (χ3v) is 3.74. The van der Waals surface area contributed by atoms with Gasteiger partial charge in [-0.1, -0.05) is 6.07 Å². The standard InChI is InChI=1S/C15H19FN2O3/c1-17(9-7-14(19)20)13-6-3-8-18(15(13)21)12-5-2-4-11(16)10-12/h2,4-5,10,13H,3,6-9H2,1H3,(H,19,20). The van der Waals surface area contributed by atoms with Crippen LogP contribution in [0.15, 0.2) is 24.3 Å². The molecular weight excluding hydrogens is 275 g/mol. The van der Waals surface area contributed by atoms with Gasteiger partial charge in [-0.3, -0.25) is 14.5 Å². The molecular formula is C15H19FN2O3. The predicted molar refractivity (Wildman–Crippen MR) is 76.7 cm³/mol. The van der Waals surface area contributed by atoms with Crippen LogP contribution in [0.25, 0.3) is 0 Å². The monoisotopic (exact) mass is 294 g/mol. The Balaban J connectivity index is 2.09. The van der Waals surface area contributed by atoms with Crippen molar-refractivity contribution in [1.29, 1.82) is 0 Å². The number of hydrogen-bond acceptors (Lipinski definition) is 3. The number of benzene rings is 1. The van der Waals surface area contributed by atoms with Gasteiger partial charge in [-0.15, -0.1) is 0 Å². The molecule has 1 aromatic rings. The van der Waals surface area contributed by atoms with Crippen molar-refractivity contribution in [1.82, 2.24) is 4.90 Å². The molecule has 5 nitrogen and oxygen atoms in total. The van der Waals surface area contributed by atoms with E-state index in [4.69, 9.17) is 5.11 Å². The number of likely N-dealkylation sites (N-methyl/N-ethyl adjacent to an activating group) is 1. The summed E-state index contributed by atoms with van der Waals surface area (Å²) in [4.78, 5) is 26.5. The molecule has 0 aromatic heterocycles. The van der Waals surface area contributed by atoms with Gasteiger partial charge in [-0.2, -0.15) is 0 Å². The summed E-state index contributed by atoms with van der Waals surface area (Å²) in [6.45, 7) is 0.883. The van der Waals surface area contributed by atoms with Crippen molar-refractivity contribution in [3.63, 3.8) is 0 Å². The first kappa shape index (κ1) is 15.4. The molecule has 1 saturated heterocycles. The Bertz CT molecular complexity index is 535. The third-order valence-electron chi connectivity index (χ3n) is 3.74. The Hall–Kier alpha value is -1.95. The Labute approximate surface area is 123 Å². The Morgan fingerprint density at radius 1 is 1.52 bits per heavy atom. The maximum absolute atomic E-state index is 13.3. The van der Waals surface area contributed by atoms with Gasteiger partial charge in [0.15, 0.2) is 0 Å². The van der Waals surface area contributed by atoms with E-state index in [-0.39, 0.29) is 24.2 Å². The number of carboxylic acid groups (broad SMARTS) is 1. The van der Waals surface area contributed by atoms with Gasteiger partial charge in [-0.05, 0) is 38.1 Å². The summed E-state index contributed by atoms with van der Waals surface area (Å²) in [5.41, 5.74) is 0.552. The van der Waals surface area contributed by atoms with Gasteiger partial charge in [-0.25, -0.2) is 4.39 Å². The zero-order valence-corrected chi connectivity index (χ0v) is 12.0. The van der Waals surface area contributed by atoms with Crippen LogP contribution in [0.4, 0.5) is 10.1 Å². The molecule has 1 amide bonds. The summed E-state index contributed by atoms with van der Waals surface area (Å²) < 4.78 is 13.3. The van der Waals surface area contributed by atoms with Gasteiger partial charge >= 0.3 is 5.97 Å². The molecule has 0 radical (unpaired) electrons.